The van der Waals surface area contributed by atoms with Gasteiger partial charge in [-0.1, -0.05) is 11.6 Å². The molecule has 1 aliphatic heterocycles. The molecule has 7 nitrogen and oxygen atoms in total. The lowest BCUT2D eigenvalue weighted by Gasteiger charge is -2.26. The van der Waals surface area contributed by atoms with E-state index in [9.17, 15) is 19.6 Å². The van der Waals surface area contributed by atoms with Crippen LogP contribution in [0.5, 0.6) is 0 Å². The standard InChI is InChI=1S/C26H21ClN4O3S/c1-14-11-16(15(2)30(14)23-19-5-3-4-6-21(19)35-22(23)13-28)12-20-24(32)29-26(34)31(25(20)33)18-9-7-17(27)8-10-18/h7-12H,3-6H2,1-2H3,(H,29,32,34)/b20-12+. The number of urea groups is 1. The van der Waals surface area contributed by atoms with E-state index in [2.05, 4.69) is 11.4 Å². The Morgan fingerprint density at radius 2 is 1.83 bits per heavy atom. The zero-order valence-corrected chi connectivity index (χ0v) is 20.7. The molecule has 9 heteroatoms. The van der Waals surface area contributed by atoms with Gasteiger partial charge >= 0.3 is 6.03 Å². The minimum Gasteiger partial charge on any atom is -0.316 e. The number of benzene rings is 1. The first-order valence-corrected chi connectivity index (χ1v) is 12.4. The van der Waals surface area contributed by atoms with Crippen LogP contribution in [-0.2, 0) is 22.4 Å². The maximum absolute atomic E-state index is 13.3. The number of aryl methyl sites for hydroxylation is 2. The van der Waals surface area contributed by atoms with Crippen LogP contribution < -0.4 is 10.2 Å². The van der Waals surface area contributed by atoms with E-state index >= 15 is 0 Å². The molecular formula is C26H21ClN4O3S. The van der Waals surface area contributed by atoms with E-state index < -0.39 is 17.8 Å². The summed E-state index contributed by atoms with van der Waals surface area (Å²) in [6.45, 7) is 3.84. The molecule has 0 saturated carbocycles. The number of aromatic nitrogens is 1. The predicted molar refractivity (Wildman–Crippen MR) is 135 cm³/mol. The van der Waals surface area contributed by atoms with Crippen molar-refractivity contribution >= 4 is 52.5 Å². The number of rotatable bonds is 3. The molecule has 1 N–H and O–H groups in total. The van der Waals surface area contributed by atoms with Gasteiger partial charge in [0.15, 0.2) is 0 Å². The lowest BCUT2D eigenvalue weighted by atomic mass is 9.97. The molecule has 3 heterocycles. The molecule has 0 bridgehead atoms. The lowest BCUT2D eigenvalue weighted by molar-refractivity contribution is -0.122. The molecule has 176 valence electrons. The molecule has 1 aliphatic carbocycles. The number of fused-ring (bicyclic) bond motifs is 1. The summed E-state index contributed by atoms with van der Waals surface area (Å²) in [5.74, 6) is -1.46. The van der Waals surface area contributed by atoms with Crippen LogP contribution in [0.4, 0.5) is 10.5 Å². The molecule has 35 heavy (non-hydrogen) atoms. The van der Waals surface area contributed by atoms with Gasteiger partial charge in [0.1, 0.15) is 16.5 Å². The number of hydrogen-bond donors (Lipinski definition) is 1. The van der Waals surface area contributed by atoms with Crippen LogP contribution in [0.15, 0.2) is 35.9 Å². The van der Waals surface area contributed by atoms with Crippen molar-refractivity contribution < 1.29 is 14.4 Å². The molecule has 0 radical (unpaired) electrons. The first-order chi connectivity index (χ1) is 16.8. The highest BCUT2D eigenvalue weighted by molar-refractivity contribution is 7.13. The monoisotopic (exact) mass is 504 g/mol. The van der Waals surface area contributed by atoms with Crippen LogP contribution in [0.1, 0.15) is 45.1 Å². The Morgan fingerprint density at radius 1 is 1.11 bits per heavy atom. The number of carbonyl (C=O) groups excluding carboxylic acids is 3. The van der Waals surface area contributed by atoms with Gasteiger partial charge in [-0.3, -0.25) is 14.9 Å². The number of nitriles is 1. The van der Waals surface area contributed by atoms with Gasteiger partial charge < -0.3 is 4.57 Å². The van der Waals surface area contributed by atoms with E-state index in [1.54, 1.807) is 35.6 Å². The van der Waals surface area contributed by atoms with Crippen molar-refractivity contribution in [1.29, 1.82) is 5.26 Å². The number of imide groups is 2. The van der Waals surface area contributed by atoms with E-state index in [-0.39, 0.29) is 5.57 Å². The van der Waals surface area contributed by atoms with Crippen molar-refractivity contribution in [2.45, 2.75) is 39.5 Å². The number of anilines is 1. The van der Waals surface area contributed by atoms with Gasteiger partial charge in [-0.2, -0.15) is 5.26 Å². The Morgan fingerprint density at radius 3 is 2.54 bits per heavy atom. The molecule has 2 aromatic heterocycles. The van der Waals surface area contributed by atoms with Crippen molar-refractivity contribution in [3.63, 3.8) is 0 Å². The minimum atomic E-state index is -0.812. The number of hydrogen-bond acceptors (Lipinski definition) is 5. The molecule has 3 aromatic rings. The van der Waals surface area contributed by atoms with Crippen molar-refractivity contribution in [3.8, 4) is 11.8 Å². The fourth-order valence-corrected chi connectivity index (χ4v) is 6.07. The maximum atomic E-state index is 13.3. The Kier molecular flexibility index (Phi) is 5.83. The van der Waals surface area contributed by atoms with E-state index in [1.807, 2.05) is 24.5 Å². The number of halogens is 1. The molecule has 1 aromatic carbocycles. The second-order valence-electron chi connectivity index (χ2n) is 8.60. The highest BCUT2D eigenvalue weighted by atomic mass is 35.5. The molecule has 1 saturated heterocycles. The largest absolute Gasteiger partial charge is 0.335 e. The predicted octanol–water partition coefficient (Wildman–Crippen LogP) is 5.23. The zero-order valence-electron chi connectivity index (χ0n) is 19.1. The van der Waals surface area contributed by atoms with Crippen molar-refractivity contribution in [2.75, 3.05) is 4.90 Å². The van der Waals surface area contributed by atoms with E-state index in [4.69, 9.17) is 11.6 Å². The summed E-state index contributed by atoms with van der Waals surface area (Å²) in [7, 11) is 0. The van der Waals surface area contributed by atoms with E-state index in [1.165, 1.54) is 16.5 Å². The van der Waals surface area contributed by atoms with Crippen molar-refractivity contribution in [3.05, 3.63) is 73.2 Å². The molecule has 0 atom stereocenters. The summed E-state index contributed by atoms with van der Waals surface area (Å²) in [6, 6.07) is 9.66. The molecule has 4 amide bonds. The molecule has 5 rings (SSSR count). The van der Waals surface area contributed by atoms with Gasteiger partial charge in [0.2, 0.25) is 0 Å². The minimum absolute atomic E-state index is 0.146. The van der Waals surface area contributed by atoms with Gasteiger partial charge in [-0.05, 0) is 87.1 Å². The SMILES string of the molecule is Cc1cc(/C=C2\C(=O)NC(=O)N(c3ccc(Cl)cc3)C2=O)c(C)n1-c1c(C#N)sc2c1CCCC2. The molecule has 0 spiro atoms. The van der Waals surface area contributed by atoms with E-state index in [0.717, 1.165) is 47.7 Å². The van der Waals surface area contributed by atoms with Crippen LogP contribution in [0, 0.1) is 25.2 Å². The Bertz CT molecular complexity index is 1470. The summed E-state index contributed by atoms with van der Waals surface area (Å²) in [6.07, 6.45) is 5.63. The highest BCUT2D eigenvalue weighted by Gasteiger charge is 2.37. The fourth-order valence-electron chi connectivity index (χ4n) is 4.78. The summed E-state index contributed by atoms with van der Waals surface area (Å²) < 4.78 is 2.04. The Balaban J connectivity index is 1.59. The van der Waals surface area contributed by atoms with Crippen molar-refractivity contribution in [2.24, 2.45) is 0 Å². The third-order valence-electron chi connectivity index (χ3n) is 6.43. The van der Waals surface area contributed by atoms with Gasteiger partial charge in [-0.15, -0.1) is 11.3 Å². The lowest BCUT2D eigenvalue weighted by Crippen LogP contribution is -2.54. The van der Waals surface area contributed by atoms with Gasteiger partial charge in [0.25, 0.3) is 11.8 Å². The average Bonchev–Trinajstić information content (AvgIpc) is 3.33. The first-order valence-electron chi connectivity index (χ1n) is 11.2. The summed E-state index contributed by atoms with van der Waals surface area (Å²) in [5, 5.41) is 12.5. The van der Waals surface area contributed by atoms with Gasteiger partial charge in [-0.25, -0.2) is 9.69 Å². The molecule has 0 unspecified atom stereocenters. The average molecular weight is 505 g/mol. The Hall–Kier alpha value is -3.67. The van der Waals surface area contributed by atoms with Gasteiger partial charge in [0.05, 0.1) is 11.4 Å². The smallest absolute Gasteiger partial charge is 0.316 e. The fraction of sp³-hybridized carbons (Fsp3) is 0.231. The molecule has 2 aliphatic rings. The summed E-state index contributed by atoms with van der Waals surface area (Å²) >= 11 is 7.48. The molecule has 1 fully saturated rings. The third kappa shape index (κ3) is 3.87. The van der Waals surface area contributed by atoms with E-state index in [0.29, 0.717) is 21.2 Å². The van der Waals surface area contributed by atoms with Crippen LogP contribution in [-0.4, -0.2) is 22.4 Å². The normalized spacial score (nSPS) is 16.9. The topological polar surface area (TPSA) is 95.2 Å². The first kappa shape index (κ1) is 23.1. The number of nitrogens with one attached hydrogen (secondary N) is 1. The second kappa shape index (κ2) is 8.84. The van der Waals surface area contributed by atoms with Crippen LogP contribution in [0.3, 0.4) is 0 Å². The summed E-state index contributed by atoms with van der Waals surface area (Å²) in [5.41, 5.74) is 4.66. The zero-order chi connectivity index (χ0) is 24.9. The summed E-state index contributed by atoms with van der Waals surface area (Å²) in [4.78, 5) is 41.2. The van der Waals surface area contributed by atoms with Crippen LogP contribution in [0.25, 0.3) is 11.8 Å². The molecular weight excluding hydrogens is 484 g/mol. The maximum Gasteiger partial charge on any atom is 0.335 e. The quantitative estimate of drug-likeness (QED) is 0.390. The Labute approximate surface area is 211 Å². The van der Waals surface area contributed by atoms with Crippen LogP contribution in [0.2, 0.25) is 5.02 Å². The number of barbiturate groups is 1. The highest BCUT2D eigenvalue weighted by Crippen LogP contribution is 2.39. The number of amides is 4. The number of carbonyl (C=O) groups is 3. The van der Waals surface area contributed by atoms with Crippen molar-refractivity contribution in [1.82, 2.24) is 9.88 Å². The van der Waals surface area contributed by atoms with Crippen LogP contribution >= 0.6 is 22.9 Å². The number of nitrogens with zero attached hydrogens (tertiary/aromatic N) is 3. The van der Waals surface area contributed by atoms with Gasteiger partial charge in [0, 0.05) is 21.3 Å². The third-order valence-corrected chi connectivity index (χ3v) is 7.86. The number of thiophene rings is 1. The second-order valence-corrected chi connectivity index (χ2v) is 10.1.